The van der Waals surface area contributed by atoms with Crippen LogP contribution in [0.25, 0.3) is 0 Å². The molecule has 0 bridgehead atoms. The minimum absolute atomic E-state index is 0.117. The highest BCUT2D eigenvalue weighted by Gasteiger charge is 2.38. The first-order chi connectivity index (χ1) is 21.4. The maximum absolute atomic E-state index is 13.3. The Balaban J connectivity index is 2.68. The maximum Gasteiger partial charge on any atom is 0.306 e. The number of hydrogen-bond donors (Lipinski definition) is 1. The normalized spacial score (nSPS) is 16.6. The lowest BCUT2D eigenvalue weighted by molar-refractivity contribution is -0.158. The van der Waals surface area contributed by atoms with Crippen molar-refractivity contribution in [2.24, 2.45) is 5.92 Å². The number of aryl methyl sites for hydroxylation is 1. The van der Waals surface area contributed by atoms with Gasteiger partial charge in [-0.3, -0.25) is 19.2 Å². The molecule has 0 saturated carbocycles. The Bertz CT molecular complexity index is 1540. The lowest BCUT2D eigenvalue weighted by Crippen LogP contribution is -2.40. The summed E-state index contributed by atoms with van der Waals surface area (Å²) in [5.41, 5.74) is 2.35. The largest absolute Gasteiger partial charge is 0.465 e. The number of aliphatic hydroxyl groups is 1. The number of allylic oxidation sites excluding steroid dienone is 1. The van der Waals surface area contributed by atoms with Crippen LogP contribution in [0.15, 0.2) is 30.1 Å². The topological polar surface area (TPSA) is 133 Å². The molecule has 0 spiro atoms. The predicted octanol–water partition coefficient (Wildman–Crippen LogP) is 7.01. The van der Waals surface area contributed by atoms with E-state index in [2.05, 4.69) is 0 Å². The number of hydrogen-bond acceptors (Lipinski definition) is 9. The molecular formula is C37H54O9. The Hall–Kier alpha value is -3.46. The molecule has 2 heterocycles. The Morgan fingerprint density at radius 3 is 1.80 bits per heavy atom. The van der Waals surface area contributed by atoms with E-state index in [0.29, 0.717) is 63.7 Å². The molecule has 7 atom stereocenters. The minimum Gasteiger partial charge on any atom is -0.465 e. The Labute approximate surface area is 273 Å². The summed E-state index contributed by atoms with van der Waals surface area (Å²) in [6.07, 6.45) is 0.759. The quantitative estimate of drug-likeness (QED) is 0.171. The van der Waals surface area contributed by atoms with Gasteiger partial charge in [-0.1, -0.05) is 54.5 Å². The lowest BCUT2D eigenvalue weighted by Gasteiger charge is -2.34. The van der Waals surface area contributed by atoms with Gasteiger partial charge < -0.3 is 23.4 Å². The Morgan fingerprint density at radius 1 is 0.783 bits per heavy atom. The van der Waals surface area contributed by atoms with Crippen LogP contribution in [-0.2, 0) is 25.5 Å². The molecule has 1 N–H and O–H groups in total. The number of rotatable bonds is 14. The SMILES string of the molecule is CCC(=O)O[C@@H](C(C)=C[C@H](C)c1oc([C@H](C)[C@@H](O)CC)c(C)c(=O)c1C)[C@H](C)[C@H](OC(C)=O)[C@@H](C)c1oc(CC)c(C)c(=O)c1C. The number of ether oxygens (including phenoxy) is 2. The van der Waals surface area contributed by atoms with E-state index in [1.165, 1.54) is 6.92 Å². The third-order valence-electron chi connectivity index (χ3n) is 9.20. The number of aliphatic hydroxyl groups excluding tert-OH is 1. The molecule has 0 saturated heterocycles. The van der Waals surface area contributed by atoms with Crippen molar-refractivity contribution in [3.8, 4) is 0 Å². The van der Waals surface area contributed by atoms with E-state index < -0.39 is 48.0 Å². The standard InChI is InChI=1S/C37H54O9/c1-14-28(39)20(6)35-24(10)32(42)22(8)33(46-35)18(4)17-19(5)34(45-30(40)16-3)25(11)37(43-27(13)38)26(12)36-23(9)31(41)21(7)29(15-2)44-36/h17-18,20,25-26,28,34,37,39H,14-16H2,1-13H3/t18-,20+,25-,26-,28-,34-,37-/m0/s1. The zero-order valence-electron chi connectivity index (χ0n) is 30.0. The highest BCUT2D eigenvalue weighted by Crippen LogP contribution is 2.35. The summed E-state index contributed by atoms with van der Waals surface area (Å²) in [6.45, 7) is 22.9. The minimum atomic E-state index is -0.817. The van der Waals surface area contributed by atoms with E-state index in [9.17, 15) is 24.3 Å². The van der Waals surface area contributed by atoms with Crippen molar-refractivity contribution >= 4 is 11.9 Å². The third-order valence-corrected chi connectivity index (χ3v) is 9.20. The zero-order chi connectivity index (χ0) is 35.2. The van der Waals surface area contributed by atoms with Gasteiger partial charge in [0, 0.05) is 59.8 Å². The smallest absolute Gasteiger partial charge is 0.306 e. The van der Waals surface area contributed by atoms with Gasteiger partial charge in [-0.15, -0.1) is 0 Å². The molecule has 0 radical (unpaired) electrons. The molecule has 9 nitrogen and oxygen atoms in total. The van der Waals surface area contributed by atoms with Gasteiger partial charge in [0.2, 0.25) is 0 Å². The molecule has 9 heteroatoms. The van der Waals surface area contributed by atoms with Crippen molar-refractivity contribution in [3.05, 3.63) is 77.4 Å². The van der Waals surface area contributed by atoms with Gasteiger partial charge >= 0.3 is 11.9 Å². The van der Waals surface area contributed by atoms with Crippen LogP contribution in [0.4, 0.5) is 0 Å². The summed E-state index contributed by atoms with van der Waals surface area (Å²) in [5, 5.41) is 10.5. The average Bonchev–Trinajstić information content (AvgIpc) is 3.02. The summed E-state index contributed by atoms with van der Waals surface area (Å²) in [6, 6.07) is 0. The number of esters is 2. The third kappa shape index (κ3) is 8.46. The molecule has 2 aromatic heterocycles. The first kappa shape index (κ1) is 38.7. The molecule has 0 aliphatic heterocycles. The second-order valence-electron chi connectivity index (χ2n) is 12.7. The molecule has 0 aliphatic rings. The summed E-state index contributed by atoms with van der Waals surface area (Å²) in [5.74, 6) is -0.926. The van der Waals surface area contributed by atoms with Crippen molar-refractivity contribution in [2.75, 3.05) is 0 Å². The van der Waals surface area contributed by atoms with Gasteiger partial charge in [0.25, 0.3) is 0 Å². The van der Waals surface area contributed by atoms with E-state index in [0.717, 1.165) is 0 Å². The van der Waals surface area contributed by atoms with Crippen LogP contribution < -0.4 is 10.9 Å². The van der Waals surface area contributed by atoms with Crippen molar-refractivity contribution in [1.82, 2.24) is 0 Å². The fourth-order valence-corrected chi connectivity index (χ4v) is 6.33. The molecule has 46 heavy (non-hydrogen) atoms. The lowest BCUT2D eigenvalue weighted by atomic mass is 9.83. The van der Waals surface area contributed by atoms with Gasteiger partial charge in [0.05, 0.1) is 12.0 Å². The molecule has 2 rings (SSSR count). The van der Waals surface area contributed by atoms with Gasteiger partial charge in [-0.2, -0.15) is 0 Å². The van der Waals surface area contributed by atoms with Gasteiger partial charge in [0.1, 0.15) is 35.2 Å². The molecule has 0 aromatic carbocycles. The first-order valence-corrected chi connectivity index (χ1v) is 16.4. The highest BCUT2D eigenvalue weighted by atomic mass is 16.6. The highest BCUT2D eigenvalue weighted by molar-refractivity contribution is 5.69. The monoisotopic (exact) mass is 642 g/mol. The first-order valence-electron chi connectivity index (χ1n) is 16.4. The van der Waals surface area contributed by atoms with Crippen molar-refractivity contribution in [1.29, 1.82) is 0 Å². The van der Waals surface area contributed by atoms with E-state index in [-0.39, 0.29) is 23.2 Å². The fourth-order valence-electron chi connectivity index (χ4n) is 6.33. The molecule has 256 valence electrons. The van der Waals surface area contributed by atoms with Crippen molar-refractivity contribution in [2.45, 2.75) is 145 Å². The number of carbonyl (C=O) groups excluding carboxylic acids is 2. The predicted molar refractivity (Wildman–Crippen MR) is 178 cm³/mol. The van der Waals surface area contributed by atoms with Crippen LogP contribution in [0, 0.1) is 33.6 Å². The second-order valence-corrected chi connectivity index (χ2v) is 12.7. The van der Waals surface area contributed by atoms with E-state index in [1.807, 2.05) is 54.5 Å². The molecule has 0 amide bonds. The molecule has 0 aliphatic carbocycles. The van der Waals surface area contributed by atoms with Gasteiger partial charge in [-0.05, 0) is 46.6 Å². The molecular weight excluding hydrogens is 588 g/mol. The van der Waals surface area contributed by atoms with E-state index >= 15 is 0 Å². The number of carbonyl (C=O) groups is 2. The molecule has 2 aromatic rings. The molecule has 0 unspecified atom stereocenters. The van der Waals surface area contributed by atoms with Crippen LogP contribution in [-0.4, -0.2) is 35.4 Å². The Morgan fingerprint density at radius 2 is 1.30 bits per heavy atom. The summed E-state index contributed by atoms with van der Waals surface area (Å²) in [4.78, 5) is 51.5. The summed E-state index contributed by atoms with van der Waals surface area (Å²) >= 11 is 0. The van der Waals surface area contributed by atoms with Crippen LogP contribution >= 0.6 is 0 Å². The van der Waals surface area contributed by atoms with Gasteiger partial charge in [0.15, 0.2) is 10.9 Å². The van der Waals surface area contributed by atoms with E-state index in [1.54, 1.807) is 34.6 Å². The second kappa shape index (κ2) is 16.4. The van der Waals surface area contributed by atoms with Crippen molar-refractivity contribution < 1.29 is 33.0 Å². The van der Waals surface area contributed by atoms with Crippen molar-refractivity contribution in [3.63, 3.8) is 0 Å². The van der Waals surface area contributed by atoms with Crippen LogP contribution in [0.2, 0.25) is 0 Å². The van der Waals surface area contributed by atoms with Gasteiger partial charge in [-0.25, -0.2) is 0 Å². The van der Waals surface area contributed by atoms with Crippen LogP contribution in [0.3, 0.4) is 0 Å². The average molecular weight is 643 g/mol. The summed E-state index contributed by atoms with van der Waals surface area (Å²) < 4.78 is 24.4. The maximum atomic E-state index is 13.3. The summed E-state index contributed by atoms with van der Waals surface area (Å²) in [7, 11) is 0. The zero-order valence-corrected chi connectivity index (χ0v) is 30.0. The molecule has 0 fully saturated rings. The Kier molecular flexibility index (Phi) is 13.8. The van der Waals surface area contributed by atoms with Crippen LogP contribution in [0.1, 0.15) is 138 Å². The van der Waals surface area contributed by atoms with Crippen LogP contribution in [0.5, 0.6) is 0 Å². The van der Waals surface area contributed by atoms with E-state index in [4.69, 9.17) is 18.3 Å². The fraction of sp³-hybridized carbons (Fsp3) is 0.622.